The second-order valence-corrected chi connectivity index (χ2v) is 16.8. The van der Waals surface area contributed by atoms with Gasteiger partial charge in [0.15, 0.2) is 0 Å². The van der Waals surface area contributed by atoms with Crippen LogP contribution in [0.1, 0.15) is 187 Å². The Hall–Kier alpha value is -0.760. The first-order chi connectivity index (χ1) is 23.5. The molecule has 9 heteroatoms. The number of hydrogen-bond donors (Lipinski definition) is 2. The van der Waals surface area contributed by atoms with Crippen molar-refractivity contribution in [2.45, 2.75) is 199 Å². The van der Waals surface area contributed by atoms with Crippen LogP contribution in [0.15, 0.2) is 12.2 Å². The summed E-state index contributed by atoms with van der Waals surface area (Å²) in [4.78, 5) is 25.2. The van der Waals surface area contributed by atoms with Gasteiger partial charge in [0.2, 0.25) is 5.91 Å². The summed E-state index contributed by atoms with van der Waals surface area (Å²) in [5.41, 5.74) is 0. The van der Waals surface area contributed by atoms with Crippen LogP contribution in [0.25, 0.3) is 0 Å². The van der Waals surface area contributed by atoms with Crippen LogP contribution in [0.3, 0.4) is 0 Å². The van der Waals surface area contributed by atoms with Crippen LogP contribution < -0.4 is 10.2 Å². The second-order valence-electron chi connectivity index (χ2n) is 15.3. The minimum atomic E-state index is -4.55. The lowest BCUT2D eigenvalue weighted by Gasteiger charge is -2.30. The first kappa shape index (κ1) is 48.2. The molecule has 2 N–H and O–H groups in total. The molecule has 0 saturated heterocycles. The van der Waals surface area contributed by atoms with E-state index in [1.54, 1.807) is 0 Å². The number of carbonyl (C=O) groups excluding carboxylic acids is 1. The van der Waals surface area contributed by atoms with Crippen molar-refractivity contribution < 1.29 is 32.9 Å². The summed E-state index contributed by atoms with van der Waals surface area (Å²) in [6.07, 6.45) is 35.0. The molecule has 0 fully saturated rings. The molecule has 0 aromatic rings. The van der Waals surface area contributed by atoms with E-state index in [1.165, 1.54) is 122 Å². The predicted octanol–water partition coefficient (Wildman–Crippen LogP) is 10.2. The van der Waals surface area contributed by atoms with E-state index in [-0.39, 0.29) is 19.1 Å². The van der Waals surface area contributed by atoms with Crippen LogP contribution in [0.5, 0.6) is 0 Å². The van der Waals surface area contributed by atoms with Crippen LogP contribution in [-0.4, -0.2) is 68.5 Å². The number of aliphatic hydroxyl groups excluding tert-OH is 1. The maximum atomic E-state index is 12.8. The number of allylic oxidation sites excluding steroid dienone is 2. The average molecular weight is 717 g/mol. The molecular weight excluding hydrogens is 635 g/mol. The molecule has 0 bridgehead atoms. The van der Waals surface area contributed by atoms with Gasteiger partial charge in [0.05, 0.1) is 39.9 Å². The van der Waals surface area contributed by atoms with Gasteiger partial charge >= 0.3 is 0 Å². The van der Waals surface area contributed by atoms with E-state index >= 15 is 0 Å². The summed E-state index contributed by atoms with van der Waals surface area (Å²) in [6, 6.07) is -0.796. The summed E-state index contributed by atoms with van der Waals surface area (Å²) in [6.45, 7) is 4.68. The number of carbonyl (C=O) groups is 1. The number of phosphoric ester groups is 1. The Bertz CT molecular complexity index is 819. The van der Waals surface area contributed by atoms with Gasteiger partial charge in [-0.3, -0.25) is 9.36 Å². The second kappa shape index (κ2) is 33.1. The van der Waals surface area contributed by atoms with Gasteiger partial charge in [0.25, 0.3) is 7.82 Å². The van der Waals surface area contributed by atoms with E-state index < -0.39 is 20.0 Å². The van der Waals surface area contributed by atoms with Gasteiger partial charge in [-0.25, -0.2) is 0 Å². The molecule has 0 aromatic heterocycles. The van der Waals surface area contributed by atoms with Crippen LogP contribution >= 0.6 is 7.82 Å². The highest BCUT2D eigenvalue weighted by Crippen LogP contribution is 2.38. The van der Waals surface area contributed by atoms with Gasteiger partial charge in [-0.1, -0.05) is 154 Å². The minimum Gasteiger partial charge on any atom is -0.756 e. The number of hydrogen-bond acceptors (Lipinski definition) is 6. The van der Waals surface area contributed by atoms with Crippen molar-refractivity contribution in [2.75, 3.05) is 40.9 Å². The van der Waals surface area contributed by atoms with Crippen LogP contribution in [0.2, 0.25) is 0 Å². The van der Waals surface area contributed by atoms with Crippen molar-refractivity contribution in [1.82, 2.24) is 5.32 Å². The summed E-state index contributed by atoms with van der Waals surface area (Å²) in [7, 11) is 1.30. The average Bonchev–Trinajstić information content (AvgIpc) is 3.04. The molecule has 1 amide bonds. The number of quaternary nitrogens is 1. The number of unbranched alkanes of at least 4 members (excludes halogenated alkanes) is 22. The Morgan fingerprint density at radius 2 is 1.12 bits per heavy atom. The number of phosphoric acid groups is 1. The minimum absolute atomic E-state index is 0.0126. The molecule has 292 valence electrons. The molecule has 8 nitrogen and oxygen atoms in total. The summed E-state index contributed by atoms with van der Waals surface area (Å²) in [5.74, 6) is -0.172. The normalized spacial score (nSPS) is 14.7. The van der Waals surface area contributed by atoms with Gasteiger partial charge in [-0.05, 0) is 38.5 Å². The molecular formula is C40H81N2O6P. The van der Waals surface area contributed by atoms with Crippen LogP contribution in [-0.2, 0) is 18.4 Å². The molecule has 0 rings (SSSR count). The smallest absolute Gasteiger partial charge is 0.268 e. The molecule has 0 aromatic carbocycles. The zero-order valence-corrected chi connectivity index (χ0v) is 33.8. The highest BCUT2D eigenvalue weighted by Gasteiger charge is 2.24. The number of aliphatic hydroxyl groups is 1. The predicted molar refractivity (Wildman–Crippen MR) is 205 cm³/mol. The summed E-state index contributed by atoms with van der Waals surface area (Å²) >= 11 is 0. The molecule has 0 aliphatic carbocycles. The fourth-order valence-corrected chi connectivity index (χ4v) is 6.64. The summed E-state index contributed by atoms with van der Waals surface area (Å²) in [5, 5.41) is 13.8. The molecule has 0 heterocycles. The molecule has 0 spiro atoms. The number of likely N-dealkylation sites (N-methyl/N-ethyl adjacent to an activating group) is 1. The molecule has 49 heavy (non-hydrogen) atoms. The number of nitrogens with zero attached hydrogens (tertiary/aromatic N) is 1. The lowest BCUT2D eigenvalue weighted by molar-refractivity contribution is -0.870. The molecule has 0 aliphatic rings. The van der Waals surface area contributed by atoms with E-state index in [4.69, 9.17) is 9.05 Å². The van der Waals surface area contributed by atoms with Crippen molar-refractivity contribution in [3.63, 3.8) is 0 Å². The lowest BCUT2D eigenvalue weighted by Crippen LogP contribution is -2.46. The van der Waals surface area contributed by atoms with E-state index in [0.717, 1.165) is 38.5 Å². The lowest BCUT2D eigenvalue weighted by atomic mass is 10.0. The third-order valence-electron chi connectivity index (χ3n) is 9.25. The van der Waals surface area contributed by atoms with Crippen LogP contribution in [0, 0.1) is 0 Å². The first-order valence-electron chi connectivity index (χ1n) is 20.5. The number of amides is 1. The van der Waals surface area contributed by atoms with Gasteiger partial charge < -0.3 is 28.8 Å². The standard InChI is InChI=1S/C40H81N2O6P/c1-6-8-10-12-14-16-17-18-19-20-21-22-23-24-26-28-30-32-34-40(44)41-38(37-48-49(45,46)47-36-35-42(3,4)5)39(43)33-31-29-27-25-15-13-11-9-7-2/h19-20,38-39,43H,6-18,21-37H2,1-5H3,(H-,41,44,45,46)/b20-19-. The summed E-state index contributed by atoms with van der Waals surface area (Å²) < 4.78 is 23.1. The molecule has 3 unspecified atom stereocenters. The van der Waals surface area contributed by atoms with E-state index in [2.05, 4.69) is 31.3 Å². The third-order valence-corrected chi connectivity index (χ3v) is 10.2. The van der Waals surface area contributed by atoms with Crippen molar-refractivity contribution in [1.29, 1.82) is 0 Å². The van der Waals surface area contributed by atoms with Crippen molar-refractivity contribution in [3.05, 3.63) is 12.2 Å². The Morgan fingerprint density at radius 3 is 1.59 bits per heavy atom. The third kappa shape index (κ3) is 35.4. The van der Waals surface area contributed by atoms with Crippen LogP contribution in [0.4, 0.5) is 0 Å². The highest BCUT2D eigenvalue weighted by atomic mass is 31.2. The molecule has 3 atom stereocenters. The Kier molecular flexibility index (Phi) is 32.6. The Balaban J connectivity index is 4.32. The fourth-order valence-electron chi connectivity index (χ4n) is 5.92. The molecule has 0 radical (unpaired) electrons. The van der Waals surface area contributed by atoms with Crippen molar-refractivity contribution in [2.24, 2.45) is 0 Å². The van der Waals surface area contributed by atoms with Gasteiger partial charge in [0.1, 0.15) is 13.2 Å². The van der Waals surface area contributed by atoms with Gasteiger partial charge in [-0.2, -0.15) is 0 Å². The largest absolute Gasteiger partial charge is 0.756 e. The van der Waals surface area contributed by atoms with Gasteiger partial charge in [-0.15, -0.1) is 0 Å². The molecule has 0 saturated carbocycles. The van der Waals surface area contributed by atoms with Gasteiger partial charge in [0, 0.05) is 6.42 Å². The maximum absolute atomic E-state index is 12.8. The monoisotopic (exact) mass is 717 g/mol. The highest BCUT2D eigenvalue weighted by molar-refractivity contribution is 7.45. The fraction of sp³-hybridized carbons (Fsp3) is 0.925. The topological polar surface area (TPSA) is 108 Å². The van der Waals surface area contributed by atoms with E-state index in [0.29, 0.717) is 23.9 Å². The SMILES string of the molecule is CCCCCCCCC/C=C\CCCCCCCCCC(=O)NC(COP(=O)([O-])OCC[N+](C)(C)C)C(O)CCCCCCCCCCC. The number of nitrogens with one attached hydrogen (secondary N) is 1. The number of rotatable bonds is 37. The van der Waals surface area contributed by atoms with Crippen molar-refractivity contribution in [3.8, 4) is 0 Å². The quantitative estimate of drug-likeness (QED) is 0.0287. The first-order valence-corrected chi connectivity index (χ1v) is 22.0. The Morgan fingerprint density at radius 1 is 0.694 bits per heavy atom. The van der Waals surface area contributed by atoms with E-state index in [9.17, 15) is 19.4 Å². The zero-order valence-electron chi connectivity index (χ0n) is 32.9. The maximum Gasteiger partial charge on any atom is 0.268 e. The van der Waals surface area contributed by atoms with E-state index in [1.807, 2.05) is 21.1 Å². The zero-order chi connectivity index (χ0) is 36.5. The Labute approximate surface area is 303 Å². The van der Waals surface area contributed by atoms with Crippen molar-refractivity contribution >= 4 is 13.7 Å². The molecule has 0 aliphatic heterocycles.